The van der Waals surface area contributed by atoms with E-state index in [1.165, 1.54) is 11.1 Å². The first-order chi connectivity index (χ1) is 13.0. The van der Waals surface area contributed by atoms with Crippen molar-refractivity contribution >= 4 is 0 Å². The summed E-state index contributed by atoms with van der Waals surface area (Å²) in [5.74, 6) is -1.44. The van der Waals surface area contributed by atoms with E-state index >= 15 is 0 Å². The Morgan fingerprint density at radius 2 is 1.70 bits per heavy atom. The smallest absolute Gasteiger partial charge is 0.274 e. The normalized spacial score (nSPS) is 30.8. The van der Waals surface area contributed by atoms with Gasteiger partial charge in [-0.2, -0.15) is 0 Å². The Balaban J connectivity index is 1.51. The predicted molar refractivity (Wildman–Crippen MR) is 107 cm³/mol. The molecule has 0 saturated heterocycles. The fourth-order valence-electron chi connectivity index (χ4n) is 5.12. The van der Waals surface area contributed by atoms with E-state index in [9.17, 15) is 8.78 Å². The van der Waals surface area contributed by atoms with Crippen LogP contribution in [-0.2, 0) is 11.2 Å². The molecule has 0 N–H and O–H groups in total. The fourth-order valence-corrected chi connectivity index (χ4v) is 5.12. The van der Waals surface area contributed by atoms with Gasteiger partial charge in [-0.1, -0.05) is 30.3 Å². The maximum atomic E-state index is 14.4. The Kier molecular flexibility index (Phi) is 7.08. The summed E-state index contributed by atoms with van der Waals surface area (Å²) in [4.78, 5) is 0. The van der Waals surface area contributed by atoms with E-state index in [1.807, 2.05) is 6.08 Å². The molecule has 1 nitrogen and oxygen atoms in total. The zero-order valence-electron chi connectivity index (χ0n) is 16.6. The number of hydrogen-bond donors (Lipinski definition) is 0. The van der Waals surface area contributed by atoms with Gasteiger partial charge in [-0.3, -0.25) is 0 Å². The third-order valence-electron chi connectivity index (χ3n) is 6.70. The second-order valence-electron chi connectivity index (χ2n) is 8.43. The first kappa shape index (κ1) is 20.5. The predicted octanol–water partition coefficient (Wildman–Crippen LogP) is 6.92. The number of rotatable bonds is 7. The van der Waals surface area contributed by atoms with Crippen molar-refractivity contribution in [2.45, 2.75) is 82.7 Å². The summed E-state index contributed by atoms with van der Waals surface area (Å²) >= 11 is 0. The first-order valence-corrected chi connectivity index (χ1v) is 10.7. The van der Waals surface area contributed by atoms with Gasteiger partial charge in [0, 0.05) is 13.0 Å². The zero-order chi connectivity index (χ0) is 19.3. The number of ether oxygens (including phenoxy) is 1. The van der Waals surface area contributed by atoms with Crippen LogP contribution in [-0.4, -0.2) is 18.6 Å². The first-order valence-electron chi connectivity index (χ1n) is 10.7. The average Bonchev–Trinajstić information content (AvgIpc) is 2.68. The number of benzene rings is 1. The summed E-state index contributed by atoms with van der Waals surface area (Å²) in [7, 11) is 0. The highest BCUT2D eigenvalue weighted by Crippen LogP contribution is 2.47. The molecule has 2 atom stereocenters. The van der Waals surface area contributed by atoms with E-state index < -0.39 is 12.0 Å². The van der Waals surface area contributed by atoms with Crippen molar-refractivity contribution in [3.05, 3.63) is 48.0 Å². The lowest BCUT2D eigenvalue weighted by Crippen LogP contribution is -2.43. The topological polar surface area (TPSA) is 9.23 Å². The van der Waals surface area contributed by atoms with Crippen LogP contribution in [0.5, 0.6) is 0 Å². The Morgan fingerprint density at radius 1 is 1.04 bits per heavy atom. The van der Waals surface area contributed by atoms with Crippen LogP contribution in [0.3, 0.4) is 0 Å². The number of halogens is 2. The van der Waals surface area contributed by atoms with Gasteiger partial charge in [-0.15, -0.1) is 6.58 Å². The van der Waals surface area contributed by atoms with E-state index in [-0.39, 0.29) is 12.3 Å². The quantitative estimate of drug-likeness (QED) is 0.469. The third kappa shape index (κ3) is 5.19. The molecule has 0 bridgehead atoms. The van der Waals surface area contributed by atoms with Gasteiger partial charge in [0.2, 0.25) is 0 Å². The van der Waals surface area contributed by atoms with Crippen LogP contribution in [0.15, 0.2) is 36.9 Å². The second-order valence-corrected chi connectivity index (χ2v) is 8.43. The van der Waals surface area contributed by atoms with Gasteiger partial charge in [-0.25, -0.2) is 8.78 Å². The lowest BCUT2D eigenvalue weighted by Gasteiger charge is -2.41. The molecule has 27 heavy (non-hydrogen) atoms. The van der Waals surface area contributed by atoms with Gasteiger partial charge in [0.25, 0.3) is 5.92 Å². The Labute approximate surface area is 163 Å². The second kappa shape index (κ2) is 9.32. The van der Waals surface area contributed by atoms with Crippen LogP contribution >= 0.6 is 0 Å². The molecule has 0 amide bonds. The molecule has 0 aliphatic heterocycles. The van der Waals surface area contributed by atoms with Crippen LogP contribution in [0.4, 0.5) is 8.78 Å². The number of hydrogen-bond acceptors (Lipinski definition) is 1. The summed E-state index contributed by atoms with van der Waals surface area (Å²) in [6.07, 6.45) is 9.02. The third-order valence-corrected chi connectivity index (χ3v) is 6.70. The molecule has 2 fully saturated rings. The Hall–Kier alpha value is -1.22. The molecular weight excluding hydrogens is 342 g/mol. The highest BCUT2D eigenvalue weighted by atomic mass is 19.3. The minimum atomic E-state index is -2.66. The van der Waals surface area contributed by atoms with Gasteiger partial charge in [0.1, 0.15) is 6.10 Å². The Bertz CT molecular complexity index is 587. The van der Waals surface area contributed by atoms with E-state index in [0.717, 1.165) is 44.9 Å². The maximum absolute atomic E-state index is 14.4. The fraction of sp³-hybridized carbons (Fsp3) is 0.667. The number of aryl methyl sites for hydroxylation is 1. The minimum Gasteiger partial charge on any atom is -0.372 e. The maximum Gasteiger partial charge on any atom is 0.274 e. The van der Waals surface area contributed by atoms with Crippen LogP contribution in [0, 0.1) is 11.8 Å². The molecule has 1 aromatic rings. The molecule has 0 aromatic heterocycles. The number of alkyl halides is 2. The van der Waals surface area contributed by atoms with Crippen LogP contribution < -0.4 is 0 Å². The molecule has 150 valence electrons. The molecule has 0 heterocycles. The van der Waals surface area contributed by atoms with Crippen LogP contribution in [0.2, 0.25) is 0 Å². The summed E-state index contributed by atoms with van der Waals surface area (Å²) in [5.41, 5.74) is 2.78. The molecule has 2 unspecified atom stereocenters. The minimum absolute atomic E-state index is 0.0188. The lowest BCUT2D eigenvalue weighted by molar-refractivity contribution is -0.172. The van der Waals surface area contributed by atoms with Gasteiger partial charge < -0.3 is 4.74 Å². The molecule has 0 radical (unpaired) electrons. The highest BCUT2D eigenvalue weighted by Gasteiger charge is 2.47. The Morgan fingerprint density at radius 3 is 2.30 bits per heavy atom. The standard InChI is InChI=1S/C24H34F2O/c1-3-5-6-18-7-9-19(10-8-18)20-11-13-21(14-12-20)22-15-16-23(27-4-2)24(25,26)17-22/h3,7-10,20-23H,1,4-6,11-17H2,2H3. The summed E-state index contributed by atoms with van der Waals surface area (Å²) < 4.78 is 34.1. The van der Waals surface area contributed by atoms with Crippen molar-refractivity contribution in [3.8, 4) is 0 Å². The van der Waals surface area contributed by atoms with Crippen molar-refractivity contribution in [2.75, 3.05) is 6.61 Å². The molecule has 2 aliphatic rings. The van der Waals surface area contributed by atoms with Gasteiger partial charge in [0.05, 0.1) is 0 Å². The number of allylic oxidation sites excluding steroid dienone is 1. The summed E-state index contributed by atoms with van der Waals surface area (Å²) in [5, 5.41) is 0. The molecule has 2 saturated carbocycles. The molecule has 3 heteroatoms. The van der Waals surface area contributed by atoms with Crippen LogP contribution in [0.1, 0.15) is 75.3 Å². The zero-order valence-corrected chi connectivity index (χ0v) is 16.6. The lowest BCUT2D eigenvalue weighted by atomic mass is 9.68. The van der Waals surface area contributed by atoms with E-state index in [0.29, 0.717) is 24.9 Å². The van der Waals surface area contributed by atoms with Gasteiger partial charge in [-0.05, 0) is 87.2 Å². The molecule has 3 rings (SSSR count). The summed E-state index contributed by atoms with van der Waals surface area (Å²) in [6.45, 7) is 5.96. The van der Waals surface area contributed by atoms with Crippen molar-refractivity contribution in [1.82, 2.24) is 0 Å². The van der Waals surface area contributed by atoms with Crippen molar-refractivity contribution in [1.29, 1.82) is 0 Å². The van der Waals surface area contributed by atoms with Crippen LogP contribution in [0.25, 0.3) is 0 Å². The SMILES string of the molecule is C=CCCc1ccc(C2CCC(C3CCC(OCC)C(F)(F)C3)CC2)cc1. The largest absolute Gasteiger partial charge is 0.372 e. The van der Waals surface area contributed by atoms with Crippen molar-refractivity contribution in [2.24, 2.45) is 11.8 Å². The molecule has 0 spiro atoms. The van der Waals surface area contributed by atoms with E-state index in [4.69, 9.17) is 4.74 Å². The van der Waals surface area contributed by atoms with Gasteiger partial charge in [0.15, 0.2) is 0 Å². The molecule has 2 aliphatic carbocycles. The van der Waals surface area contributed by atoms with Crippen molar-refractivity contribution in [3.63, 3.8) is 0 Å². The van der Waals surface area contributed by atoms with E-state index in [2.05, 4.69) is 30.8 Å². The summed E-state index contributed by atoms with van der Waals surface area (Å²) in [6, 6.07) is 9.01. The van der Waals surface area contributed by atoms with Gasteiger partial charge >= 0.3 is 0 Å². The average molecular weight is 377 g/mol. The van der Waals surface area contributed by atoms with Crippen molar-refractivity contribution < 1.29 is 13.5 Å². The monoisotopic (exact) mass is 376 g/mol. The highest BCUT2D eigenvalue weighted by molar-refractivity contribution is 5.26. The van der Waals surface area contributed by atoms with E-state index in [1.54, 1.807) is 6.92 Å². The molecular formula is C24H34F2O. The molecule has 1 aromatic carbocycles.